The molecule has 1 fully saturated rings. The summed E-state index contributed by atoms with van der Waals surface area (Å²) < 4.78 is 30.3. The van der Waals surface area contributed by atoms with Crippen molar-refractivity contribution in [2.75, 3.05) is 19.3 Å². The van der Waals surface area contributed by atoms with Crippen molar-refractivity contribution in [1.29, 1.82) is 0 Å². The standard InChI is InChI=1S/C15H23N3O5S/c1-10-12(6-7-23-10)15(20)17-9-14(19)16-8-11-4-3-5-13(11)18-24(2,21)22/h6-7,11,13,18H,3-5,8-9H2,1-2H3,(H,16,19)(H,17,20). The molecule has 1 aliphatic rings. The van der Waals surface area contributed by atoms with E-state index in [0.717, 1.165) is 25.5 Å². The van der Waals surface area contributed by atoms with Crippen LogP contribution < -0.4 is 15.4 Å². The van der Waals surface area contributed by atoms with Gasteiger partial charge in [-0.25, -0.2) is 13.1 Å². The van der Waals surface area contributed by atoms with Gasteiger partial charge in [0.2, 0.25) is 15.9 Å². The summed E-state index contributed by atoms with van der Waals surface area (Å²) in [7, 11) is -3.26. The van der Waals surface area contributed by atoms with Crippen molar-refractivity contribution in [3.05, 3.63) is 23.7 Å². The minimum atomic E-state index is -3.26. The van der Waals surface area contributed by atoms with Crippen molar-refractivity contribution >= 4 is 21.8 Å². The molecule has 2 rings (SSSR count). The van der Waals surface area contributed by atoms with Gasteiger partial charge in [0.25, 0.3) is 5.91 Å². The Balaban J connectivity index is 1.75. The highest BCUT2D eigenvalue weighted by atomic mass is 32.2. The van der Waals surface area contributed by atoms with Crippen molar-refractivity contribution < 1.29 is 22.4 Å². The maximum Gasteiger partial charge on any atom is 0.255 e. The van der Waals surface area contributed by atoms with Crippen LogP contribution in [0.4, 0.5) is 0 Å². The van der Waals surface area contributed by atoms with E-state index in [0.29, 0.717) is 17.9 Å². The Bertz CT molecular complexity index is 698. The molecule has 1 aromatic heterocycles. The Morgan fingerprint density at radius 1 is 1.29 bits per heavy atom. The predicted molar refractivity (Wildman–Crippen MR) is 87.9 cm³/mol. The van der Waals surface area contributed by atoms with Crippen molar-refractivity contribution in [3.63, 3.8) is 0 Å². The third-order valence-corrected chi connectivity index (χ3v) is 4.83. The molecule has 1 aromatic rings. The van der Waals surface area contributed by atoms with Crippen molar-refractivity contribution in [1.82, 2.24) is 15.4 Å². The number of carbonyl (C=O) groups is 2. The fraction of sp³-hybridized carbons (Fsp3) is 0.600. The average Bonchev–Trinajstić information content (AvgIpc) is 3.10. The summed E-state index contributed by atoms with van der Waals surface area (Å²) in [6.45, 7) is 1.91. The first-order valence-corrected chi connectivity index (χ1v) is 9.71. The normalized spacial score (nSPS) is 20.8. The zero-order valence-corrected chi connectivity index (χ0v) is 14.6. The van der Waals surface area contributed by atoms with Crippen LogP contribution in [0.2, 0.25) is 0 Å². The number of nitrogens with one attached hydrogen (secondary N) is 3. The van der Waals surface area contributed by atoms with Crippen LogP contribution in [0.25, 0.3) is 0 Å². The predicted octanol–water partition coefficient (Wildman–Crippen LogP) is 0.152. The zero-order valence-electron chi connectivity index (χ0n) is 13.8. The highest BCUT2D eigenvalue weighted by Crippen LogP contribution is 2.25. The topological polar surface area (TPSA) is 118 Å². The molecule has 134 valence electrons. The monoisotopic (exact) mass is 357 g/mol. The number of sulfonamides is 1. The summed E-state index contributed by atoms with van der Waals surface area (Å²) in [6.07, 6.45) is 5.09. The number of hydrogen-bond donors (Lipinski definition) is 3. The molecule has 2 unspecified atom stereocenters. The number of hydrogen-bond acceptors (Lipinski definition) is 5. The smallest absolute Gasteiger partial charge is 0.255 e. The van der Waals surface area contributed by atoms with Crippen LogP contribution in [-0.4, -0.2) is 45.6 Å². The molecule has 2 atom stereocenters. The second-order valence-corrected chi connectivity index (χ2v) is 7.84. The molecule has 0 aliphatic heterocycles. The molecule has 0 spiro atoms. The fourth-order valence-corrected chi connectivity index (χ4v) is 3.76. The molecule has 0 saturated heterocycles. The first kappa shape index (κ1) is 18.5. The summed E-state index contributed by atoms with van der Waals surface area (Å²) >= 11 is 0. The molecule has 24 heavy (non-hydrogen) atoms. The van der Waals surface area contributed by atoms with Gasteiger partial charge in [0.1, 0.15) is 5.76 Å². The van der Waals surface area contributed by atoms with Crippen molar-refractivity contribution in [2.45, 2.75) is 32.2 Å². The lowest BCUT2D eigenvalue weighted by Gasteiger charge is -2.20. The molecule has 0 bridgehead atoms. The van der Waals surface area contributed by atoms with E-state index in [9.17, 15) is 18.0 Å². The first-order chi connectivity index (χ1) is 11.3. The van der Waals surface area contributed by atoms with Crippen LogP contribution in [0.5, 0.6) is 0 Å². The quantitative estimate of drug-likeness (QED) is 0.642. The molecule has 9 heteroatoms. The third kappa shape index (κ3) is 5.34. The minimum absolute atomic E-state index is 0.0653. The van der Waals surface area contributed by atoms with Crippen LogP contribution >= 0.6 is 0 Å². The molecule has 1 aliphatic carbocycles. The average molecular weight is 357 g/mol. The van der Waals surface area contributed by atoms with Crippen LogP contribution in [0.3, 0.4) is 0 Å². The van der Waals surface area contributed by atoms with E-state index in [1.807, 2.05) is 0 Å². The summed E-state index contributed by atoms with van der Waals surface area (Å²) in [5, 5.41) is 5.27. The number of rotatable bonds is 7. The lowest BCUT2D eigenvalue weighted by molar-refractivity contribution is -0.120. The largest absolute Gasteiger partial charge is 0.469 e. The van der Waals surface area contributed by atoms with Crippen LogP contribution in [0.1, 0.15) is 35.4 Å². The molecule has 8 nitrogen and oxygen atoms in total. The Morgan fingerprint density at radius 2 is 2.04 bits per heavy atom. The molecule has 1 heterocycles. The molecule has 0 aromatic carbocycles. The number of aryl methyl sites for hydroxylation is 1. The summed E-state index contributed by atoms with van der Waals surface area (Å²) in [6, 6.07) is 1.39. The van der Waals surface area contributed by atoms with Gasteiger partial charge in [-0.2, -0.15) is 0 Å². The maximum absolute atomic E-state index is 11.9. The molecular weight excluding hydrogens is 334 g/mol. The highest BCUT2D eigenvalue weighted by molar-refractivity contribution is 7.88. The Morgan fingerprint density at radius 3 is 2.67 bits per heavy atom. The van der Waals surface area contributed by atoms with E-state index < -0.39 is 10.0 Å². The molecule has 1 saturated carbocycles. The molecule has 2 amide bonds. The van der Waals surface area contributed by atoms with Gasteiger partial charge in [-0.05, 0) is 31.7 Å². The van der Waals surface area contributed by atoms with Gasteiger partial charge in [-0.15, -0.1) is 0 Å². The van der Waals surface area contributed by atoms with E-state index in [-0.39, 0.29) is 30.3 Å². The SMILES string of the molecule is Cc1occc1C(=O)NCC(=O)NCC1CCCC1NS(C)(=O)=O. The van der Waals surface area contributed by atoms with Gasteiger partial charge in [0.15, 0.2) is 0 Å². The van der Waals surface area contributed by atoms with E-state index in [4.69, 9.17) is 4.42 Å². The number of carbonyl (C=O) groups excluding carboxylic acids is 2. The van der Waals surface area contributed by atoms with E-state index in [1.165, 1.54) is 6.26 Å². The zero-order chi connectivity index (χ0) is 17.7. The van der Waals surface area contributed by atoms with E-state index in [2.05, 4.69) is 15.4 Å². The third-order valence-electron chi connectivity index (χ3n) is 4.10. The van der Waals surface area contributed by atoms with Crippen LogP contribution in [0.15, 0.2) is 16.7 Å². The van der Waals surface area contributed by atoms with Crippen LogP contribution in [-0.2, 0) is 14.8 Å². The van der Waals surface area contributed by atoms with Crippen LogP contribution in [0, 0.1) is 12.8 Å². The van der Waals surface area contributed by atoms with Gasteiger partial charge in [-0.1, -0.05) is 6.42 Å². The minimum Gasteiger partial charge on any atom is -0.469 e. The maximum atomic E-state index is 11.9. The Kier molecular flexibility index (Phi) is 6.00. The van der Waals surface area contributed by atoms with Gasteiger partial charge >= 0.3 is 0 Å². The Labute approximate surface area is 141 Å². The second kappa shape index (κ2) is 7.80. The fourth-order valence-electron chi connectivity index (χ4n) is 2.90. The van der Waals surface area contributed by atoms with Crippen molar-refractivity contribution in [3.8, 4) is 0 Å². The Hall–Kier alpha value is -1.87. The molecular formula is C15H23N3O5S. The van der Waals surface area contributed by atoms with E-state index in [1.54, 1.807) is 13.0 Å². The lowest BCUT2D eigenvalue weighted by atomic mass is 10.0. The van der Waals surface area contributed by atoms with Gasteiger partial charge in [-0.3, -0.25) is 9.59 Å². The molecule has 3 N–H and O–H groups in total. The lowest BCUT2D eigenvalue weighted by Crippen LogP contribution is -2.43. The molecule has 0 radical (unpaired) electrons. The van der Waals surface area contributed by atoms with Gasteiger partial charge in [0, 0.05) is 12.6 Å². The van der Waals surface area contributed by atoms with Gasteiger partial charge in [0.05, 0.1) is 24.6 Å². The second-order valence-electron chi connectivity index (χ2n) is 6.06. The highest BCUT2D eigenvalue weighted by Gasteiger charge is 2.29. The number of amides is 2. The first-order valence-electron chi connectivity index (χ1n) is 7.82. The van der Waals surface area contributed by atoms with E-state index >= 15 is 0 Å². The summed E-state index contributed by atoms with van der Waals surface area (Å²) in [5.74, 6) is -0.118. The van der Waals surface area contributed by atoms with Gasteiger partial charge < -0.3 is 15.1 Å². The summed E-state index contributed by atoms with van der Waals surface area (Å²) in [5.41, 5.74) is 0.399. The summed E-state index contributed by atoms with van der Waals surface area (Å²) in [4.78, 5) is 23.7. The van der Waals surface area contributed by atoms with Crippen molar-refractivity contribution in [2.24, 2.45) is 5.92 Å². The number of furan rings is 1.